The van der Waals surface area contributed by atoms with Crippen LogP contribution in [0.1, 0.15) is 66.7 Å². The third kappa shape index (κ3) is 2.61. The van der Waals surface area contributed by atoms with E-state index in [-0.39, 0.29) is 11.5 Å². The van der Waals surface area contributed by atoms with Crippen LogP contribution in [0.4, 0.5) is 0 Å². The van der Waals surface area contributed by atoms with Gasteiger partial charge in [-0.2, -0.15) is 0 Å². The molecular weight excluding hydrogens is 234 g/mol. The van der Waals surface area contributed by atoms with Crippen molar-refractivity contribution in [2.45, 2.75) is 72.8 Å². The SMILES string of the molecule is CCCC1C[C@@]12C[C@@H](C(=O)C(C)(C)CC)N(CC)C2. The van der Waals surface area contributed by atoms with Crippen LogP contribution in [0.2, 0.25) is 0 Å². The Labute approximate surface area is 118 Å². The fourth-order valence-corrected chi connectivity index (χ4v) is 3.94. The topological polar surface area (TPSA) is 20.3 Å². The Morgan fingerprint density at radius 3 is 2.47 bits per heavy atom. The number of hydrogen-bond donors (Lipinski definition) is 0. The van der Waals surface area contributed by atoms with Gasteiger partial charge in [0, 0.05) is 12.0 Å². The normalized spacial score (nSPS) is 35.0. The van der Waals surface area contributed by atoms with E-state index in [0.29, 0.717) is 11.2 Å². The van der Waals surface area contributed by atoms with Crippen molar-refractivity contribution in [2.75, 3.05) is 13.1 Å². The van der Waals surface area contributed by atoms with E-state index in [0.717, 1.165) is 25.3 Å². The van der Waals surface area contributed by atoms with Crippen LogP contribution < -0.4 is 0 Å². The minimum absolute atomic E-state index is 0.154. The molecule has 110 valence electrons. The number of ketones is 1. The van der Waals surface area contributed by atoms with Crippen molar-refractivity contribution in [3.8, 4) is 0 Å². The van der Waals surface area contributed by atoms with E-state index in [2.05, 4.69) is 39.5 Å². The van der Waals surface area contributed by atoms with Crippen molar-refractivity contribution in [1.82, 2.24) is 4.90 Å². The summed E-state index contributed by atoms with van der Waals surface area (Å²) < 4.78 is 0. The Morgan fingerprint density at radius 2 is 1.95 bits per heavy atom. The summed E-state index contributed by atoms with van der Waals surface area (Å²) >= 11 is 0. The first-order valence-electron chi connectivity index (χ1n) is 8.18. The largest absolute Gasteiger partial charge is 0.297 e. The second-order valence-electron chi connectivity index (χ2n) is 7.44. The minimum atomic E-state index is -0.154. The summed E-state index contributed by atoms with van der Waals surface area (Å²) in [6.07, 6.45) is 6.10. The molecule has 0 amide bonds. The van der Waals surface area contributed by atoms with E-state index >= 15 is 0 Å². The third-order valence-corrected chi connectivity index (χ3v) is 5.81. The molecule has 1 aliphatic heterocycles. The van der Waals surface area contributed by atoms with Crippen molar-refractivity contribution in [3.05, 3.63) is 0 Å². The highest BCUT2D eigenvalue weighted by Crippen LogP contribution is 2.62. The summed E-state index contributed by atoms with van der Waals surface area (Å²) in [5.41, 5.74) is 0.356. The lowest BCUT2D eigenvalue weighted by Gasteiger charge is -2.29. The van der Waals surface area contributed by atoms with Crippen LogP contribution in [0.3, 0.4) is 0 Å². The van der Waals surface area contributed by atoms with Gasteiger partial charge in [0.15, 0.2) is 5.78 Å². The molecule has 0 aromatic rings. The molecule has 0 aromatic carbocycles. The van der Waals surface area contributed by atoms with Crippen molar-refractivity contribution >= 4 is 5.78 Å². The predicted octanol–water partition coefficient (Wildman–Crippen LogP) is 3.89. The molecule has 0 N–H and O–H groups in total. The van der Waals surface area contributed by atoms with Crippen molar-refractivity contribution < 1.29 is 4.79 Å². The highest BCUT2D eigenvalue weighted by molar-refractivity contribution is 5.89. The van der Waals surface area contributed by atoms with Crippen LogP contribution >= 0.6 is 0 Å². The fraction of sp³-hybridized carbons (Fsp3) is 0.941. The molecule has 1 unspecified atom stereocenters. The van der Waals surface area contributed by atoms with Crippen LogP contribution in [0.15, 0.2) is 0 Å². The molecule has 2 aliphatic rings. The fourth-order valence-electron chi connectivity index (χ4n) is 3.94. The Morgan fingerprint density at radius 1 is 1.26 bits per heavy atom. The maximum atomic E-state index is 12.8. The van der Waals surface area contributed by atoms with Gasteiger partial charge in [-0.25, -0.2) is 0 Å². The van der Waals surface area contributed by atoms with Crippen molar-refractivity contribution in [2.24, 2.45) is 16.7 Å². The van der Waals surface area contributed by atoms with E-state index in [1.54, 1.807) is 0 Å². The van der Waals surface area contributed by atoms with Gasteiger partial charge in [0.2, 0.25) is 0 Å². The van der Waals surface area contributed by atoms with Crippen molar-refractivity contribution in [1.29, 1.82) is 0 Å². The van der Waals surface area contributed by atoms with Crippen molar-refractivity contribution in [3.63, 3.8) is 0 Å². The zero-order valence-electron chi connectivity index (χ0n) is 13.5. The molecule has 0 aromatic heterocycles. The van der Waals surface area contributed by atoms with Gasteiger partial charge in [0.25, 0.3) is 0 Å². The average Bonchev–Trinajstić information content (AvgIpc) is 2.90. The quantitative estimate of drug-likeness (QED) is 0.726. The molecule has 1 saturated carbocycles. The lowest BCUT2D eigenvalue weighted by molar-refractivity contribution is -0.131. The van der Waals surface area contributed by atoms with Gasteiger partial charge in [-0.3, -0.25) is 9.69 Å². The second-order valence-corrected chi connectivity index (χ2v) is 7.44. The monoisotopic (exact) mass is 265 g/mol. The third-order valence-electron chi connectivity index (χ3n) is 5.81. The number of likely N-dealkylation sites (tertiary alicyclic amines) is 1. The maximum absolute atomic E-state index is 12.8. The molecule has 1 heterocycles. The van der Waals surface area contributed by atoms with Crippen LogP contribution in [-0.2, 0) is 4.79 Å². The number of carbonyl (C=O) groups excluding carboxylic acids is 1. The molecule has 1 aliphatic carbocycles. The Hall–Kier alpha value is -0.370. The number of hydrogen-bond acceptors (Lipinski definition) is 2. The van der Waals surface area contributed by atoms with E-state index < -0.39 is 0 Å². The first-order valence-corrected chi connectivity index (χ1v) is 8.18. The molecule has 2 nitrogen and oxygen atoms in total. The number of likely N-dealkylation sites (N-methyl/N-ethyl adjacent to an activating group) is 1. The minimum Gasteiger partial charge on any atom is -0.297 e. The van der Waals surface area contributed by atoms with Gasteiger partial charge >= 0.3 is 0 Å². The molecule has 0 bridgehead atoms. The Bertz CT molecular complexity index is 349. The molecule has 3 atom stereocenters. The standard InChI is InChI=1S/C17H31NO/c1-6-9-13-10-17(13)11-14(18(8-3)12-17)15(19)16(4,5)7-2/h13-14H,6-12H2,1-5H3/t13?,14-,17-/m0/s1. The summed E-state index contributed by atoms with van der Waals surface area (Å²) in [5.74, 6) is 1.38. The maximum Gasteiger partial charge on any atom is 0.155 e. The van der Waals surface area contributed by atoms with E-state index in [1.807, 2.05) is 0 Å². The van der Waals surface area contributed by atoms with Gasteiger partial charge in [-0.1, -0.05) is 47.5 Å². The summed E-state index contributed by atoms with van der Waals surface area (Å²) in [6.45, 7) is 13.0. The van der Waals surface area contributed by atoms with Crippen LogP contribution in [-0.4, -0.2) is 29.8 Å². The number of Topliss-reactive ketones (excluding diaryl/α,β-unsaturated/α-hetero) is 1. The number of rotatable bonds is 6. The number of nitrogens with zero attached hydrogens (tertiary/aromatic N) is 1. The number of carbonyl (C=O) groups is 1. The Kier molecular flexibility index (Phi) is 4.11. The first kappa shape index (κ1) is 15.0. The zero-order chi connectivity index (χ0) is 14.3. The molecule has 2 fully saturated rings. The molecule has 2 heteroatoms. The van der Waals surface area contributed by atoms with Gasteiger partial charge < -0.3 is 0 Å². The average molecular weight is 265 g/mol. The molecule has 0 radical (unpaired) electrons. The smallest absolute Gasteiger partial charge is 0.155 e. The lowest BCUT2D eigenvalue weighted by Crippen LogP contribution is -2.42. The summed E-state index contributed by atoms with van der Waals surface area (Å²) in [6, 6.07) is 0.196. The van der Waals surface area contributed by atoms with Gasteiger partial charge in [-0.05, 0) is 37.1 Å². The van der Waals surface area contributed by atoms with Crippen LogP contribution in [0, 0.1) is 16.7 Å². The lowest BCUT2D eigenvalue weighted by atomic mass is 9.80. The predicted molar refractivity (Wildman–Crippen MR) is 80.2 cm³/mol. The summed E-state index contributed by atoms with van der Waals surface area (Å²) in [5, 5.41) is 0. The van der Waals surface area contributed by atoms with Gasteiger partial charge in [-0.15, -0.1) is 0 Å². The Balaban J connectivity index is 2.08. The summed E-state index contributed by atoms with van der Waals surface area (Å²) in [7, 11) is 0. The second kappa shape index (κ2) is 5.20. The van der Waals surface area contributed by atoms with E-state index in [1.165, 1.54) is 25.8 Å². The summed E-state index contributed by atoms with van der Waals surface area (Å²) in [4.78, 5) is 15.3. The van der Waals surface area contributed by atoms with Crippen LogP contribution in [0.5, 0.6) is 0 Å². The van der Waals surface area contributed by atoms with Gasteiger partial charge in [0.1, 0.15) is 0 Å². The molecular formula is C17H31NO. The van der Waals surface area contributed by atoms with E-state index in [4.69, 9.17) is 0 Å². The highest BCUT2D eigenvalue weighted by Gasteiger charge is 2.60. The highest BCUT2D eigenvalue weighted by atomic mass is 16.1. The van der Waals surface area contributed by atoms with E-state index in [9.17, 15) is 4.79 Å². The first-order chi connectivity index (χ1) is 8.90. The van der Waals surface area contributed by atoms with Crippen LogP contribution in [0.25, 0.3) is 0 Å². The molecule has 2 rings (SSSR count). The van der Waals surface area contributed by atoms with Gasteiger partial charge in [0.05, 0.1) is 6.04 Å². The molecule has 19 heavy (non-hydrogen) atoms. The zero-order valence-corrected chi connectivity index (χ0v) is 13.5. The molecule has 1 saturated heterocycles. The molecule has 1 spiro atoms.